The monoisotopic (exact) mass is 272 g/mol. The van der Waals surface area contributed by atoms with Crippen LogP contribution in [0.15, 0.2) is 42.0 Å². The van der Waals surface area contributed by atoms with Gasteiger partial charge in [-0.15, -0.1) is 6.58 Å². The highest BCUT2D eigenvalue weighted by atomic mass is 16.5. The molecular weight excluding hydrogens is 256 g/mol. The van der Waals surface area contributed by atoms with Gasteiger partial charge < -0.3 is 9.84 Å². The molecule has 0 radical (unpaired) electrons. The normalized spacial score (nSPS) is 15.9. The molecular formula is C16H16O4. The molecule has 0 aromatic heterocycles. The highest BCUT2D eigenvalue weighted by molar-refractivity contribution is 6.28. The lowest BCUT2D eigenvalue weighted by molar-refractivity contribution is 0.0939. The first-order valence-electron chi connectivity index (χ1n) is 6.31. The van der Waals surface area contributed by atoms with Crippen molar-refractivity contribution in [1.29, 1.82) is 0 Å². The maximum absolute atomic E-state index is 12.6. The minimum absolute atomic E-state index is 0.131. The van der Waals surface area contributed by atoms with Crippen LogP contribution in [0.5, 0.6) is 5.75 Å². The summed E-state index contributed by atoms with van der Waals surface area (Å²) < 4.78 is 5.16. The van der Waals surface area contributed by atoms with Crippen LogP contribution >= 0.6 is 0 Å². The van der Waals surface area contributed by atoms with Crippen LogP contribution < -0.4 is 4.74 Å². The zero-order chi connectivity index (χ0) is 14.9. The smallest absolute Gasteiger partial charge is 0.196 e. The molecule has 1 aliphatic rings. The van der Waals surface area contributed by atoms with Crippen molar-refractivity contribution in [2.24, 2.45) is 0 Å². The number of ether oxygens (including phenoxy) is 1. The van der Waals surface area contributed by atoms with Gasteiger partial charge in [-0.25, -0.2) is 0 Å². The van der Waals surface area contributed by atoms with E-state index in [4.69, 9.17) is 4.74 Å². The van der Waals surface area contributed by atoms with Gasteiger partial charge in [0.15, 0.2) is 11.6 Å². The Kier molecular flexibility index (Phi) is 3.86. The Hall–Kier alpha value is -2.20. The number of fused-ring (bicyclic) bond motifs is 1. The molecule has 2 rings (SSSR count). The number of aliphatic hydroxyl groups is 1. The third-order valence-corrected chi connectivity index (χ3v) is 3.33. The van der Waals surface area contributed by atoms with Gasteiger partial charge in [0.1, 0.15) is 5.75 Å². The molecule has 0 aliphatic heterocycles. The van der Waals surface area contributed by atoms with E-state index in [0.29, 0.717) is 16.9 Å². The molecule has 1 aliphatic carbocycles. The van der Waals surface area contributed by atoms with E-state index in [9.17, 15) is 14.7 Å². The van der Waals surface area contributed by atoms with Gasteiger partial charge in [0.2, 0.25) is 0 Å². The first-order chi connectivity index (χ1) is 9.52. The summed E-state index contributed by atoms with van der Waals surface area (Å²) in [7, 11) is 1.44. The first-order valence-corrected chi connectivity index (χ1v) is 6.31. The van der Waals surface area contributed by atoms with Crippen LogP contribution in [0.3, 0.4) is 0 Å². The molecule has 1 aromatic rings. The van der Waals surface area contributed by atoms with E-state index in [1.54, 1.807) is 24.3 Å². The number of Topliss-reactive ketones (excluding diaryl/α,β-unsaturated/α-hetero) is 2. The van der Waals surface area contributed by atoms with Crippen LogP contribution in [0.2, 0.25) is 0 Å². The van der Waals surface area contributed by atoms with E-state index >= 15 is 0 Å². The molecule has 0 amide bonds. The van der Waals surface area contributed by atoms with Crippen molar-refractivity contribution in [3.05, 3.63) is 53.1 Å². The van der Waals surface area contributed by atoms with Crippen molar-refractivity contribution in [2.45, 2.75) is 19.4 Å². The van der Waals surface area contributed by atoms with Gasteiger partial charge in [-0.3, -0.25) is 9.59 Å². The molecule has 0 saturated heterocycles. The van der Waals surface area contributed by atoms with Crippen LogP contribution in [-0.4, -0.2) is 29.9 Å². The lowest BCUT2D eigenvalue weighted by atomic mass is 9.80. The summed E-state index contributed by atoms with van der Waals surface area (Å²) in [5.41, 5.74) is 0.979. The molecule has 0 bridgehead atoms. The fourth-order valence-electron chi connectivity index (χ4n) is 2.47. The number of hydrogen-bond acceptors (Lipinski definition) is 4. The Morgan fingerprint density at radius 2 is 2.05 bits per heavy atom. The summed E-state index contributed by atoms with van der Waals surface area (Å²) in [6.07, 6.45) is 0.787. The number of allylic oxidation sites excluding steroid dienone is 2. The van der Waals surface area contributed by atoms with E-state index in [-0.39, 0.29) is 29.1 Å². The Bertz CT molecular complexity index is 623. The molecule has 4 heteroatoms. The number of rotatable bonds is 4. The summed E-state index contributed by atoms with van der Waals surface area (Å²) in [6.45, 7) is 5.07. The van der Waals surface area contributed by atoms with Gasteiger partial charge >= 0.3 is 0 Å². The van der Waals surface area contributed by atoms with Gasteiger partial charge in [-0.1, -0.05) is 18.2 Å². The Morgan fingerprint density at radius 1 is 1.35 bits per heavy atom. The minimum Gasteiger partial charge on any atom is -0.496 e. The van der Waals surface area contributed by atoms with Crippen LogP contribution in [0.1, 0.15) is 34.1 Å². The Balaban J connectivity index is 2.73. The van der Waals surface area contributed by atoms with E-state index in [0.717, 1.165) is 0 Å². The molecule has 0 saturated carbocycles. The summed E-state index contributed by atoms with van der Waals surface area (Å²) in [5, 5.41) is 9.85. The first kappa shape index (κ1) is 14.2. The zero-order valence-corrected chi connectivity index (χ0v) is 11.5. The second-order valence-corrected chi connectivity index (χ2v) is 4.60. The maximum Gasteiger partial charge on any atom is 0.196 e. The summed E-state index contributed by atoms with van der Waals surface area (Å²) in [6, 6.07) is 4.89. The van der Waals surface area contributed by atoms with Crippen molar-refractivity contribution in [3.63, 3.8) is 0 Å². The van der Waals surface area contributed by atoms with Crippen LogP contribution in [-0.2, 0) is 0 Å². The van der Waals surface area contributed by atoms with Crippen molar-refractivity contribution >= 4 is 11.6 Å². The highest BCUT2D eigenvalue weighted by Crippen LogP contribution is 2.34. The molecule has 0 heterocycles. The fraction of sp³-hybridized carbons (Fsp3) is 0.250. The minimum atomic E-state index is -1.01. The fourth-order valence-corrected chi connectivity index (χ4v) is 2.47. The molecule has 20 heavy (non-hydrogen) atoms. The predicted octanol–water partition coefficient (Wildman–Crippen LogP) is 2.33. The number of ketones is 2. The second kappa shape index (κ2) is 5.43. The van der Waals surface area contributed by atoms with Gasteiger partial charge in [0.05, 0.1) is 18.8 Å². The van der Waals surface area contributed by atoms with Crippen molar-refractivity contribution in [1.82, 2.24) is 0 Å². The molecule has 0 fully saturated rings. The number of benzene rings is 1. The summed E-state index contributed by atoms with van der Waals surface area (Å²) in [4.78, 5) is 25.1. The average Bonchev–Trinajstić information content (AvgIpc) is 2.43. The van der Waals surface area contributed by atoms with Gasteiger partial charge in [-0.2, -0.15) is 0 Å². The molecule has 1 aromatic carbocycles. The lowest BCUT2D eigenvalue weighted by Gasteiger charge is -2.23. The predicted molar refractivity (Wildman–Crippen MR) is 75.2 cm³/mol. The van der Waals surface area contributed by atoms with Crippen molar-refractivity contribution in [2.75, 3.05) is 7.11 Å². The number of carbonyl (C=O) groups excluding carboxylic acids is 2. The van der Waals surface area contributed by atoms with Crippen molar-refractivity contribution in [3.8, 4) is 5.75 Å². The number of methoxy groups -OCH3 is 1. The third-order valence-electron chi connectivity index (χ3n) is 3.33. The second-order valence-electron chi connectivity index (χ2n) is 4.60. The Morgan fingerprint density at radius 3 is 2.60 bits per heavy atom. The number of carbonyl (C=O) groups is 2. The topological polar surface area (TPSA) is 63.6 Å². The standard InChI is InChI=1S/C16H16O4/c1-4-6-10-13(9(2)17)16(19)14-11(15(10)18)7-5-8-12(14)20-3/h4-5,7-9,17H,1,6H2,2-3H3. The van der Waals surface area contributed by atoms with E-state index < -0.39 is 6.10 Å². The highest BCUT2D eigenvalue weighted by Gasteiger charge is 2.35. The summed E-state index contributed by atoms with van der Waals surface area (Å²) >= 11 is 0. The third kappa shape index (κ3) is 2.08. The molecule has 1 unspecified atom stereocenters. The van der Waals surface area contributed by atoms with Gasteiger partial charge in [-0.05, 0) is 19.4 Å². The number of aliphatic hydroxyl groups excluding tert-OH is 1. The van der Waals surface area contributed by atoms with E-state index in [1.807, 2.05) is 0 Å². The lowest BCUT2D eigenvalue weighted by Crippen LogP contribution is -2.28. The van der Waals surface area contributed by atoms with Crippen LogP contribution in [0.4, 0.5) is 0 Å². The molecule has 4 nitrogen and oxygen atoms in total. The summed E-state index contributed by atoms with van der Waals surface area (Å²) in [5.74, 6) is -0.269. The molecule has 0 spiro atoms. The van der Waals surface area contributed by atoms with Crippen molar-refractivity contribution < 1.29 is 19.4 Å². The zero-order valence-electron chi connectivity index (χ0n) is 11.5. The van der Waals surface area contributed by atoms with E-state index in [2.05, 4.69) is 6.58 Å². The van der Waals surface area contributed by atoms with E-state index in [1.165, 1.54) is 14.0 Å². The van der Waals surface area contributed by atoms with Gasteiger partial charge in [0.25, 0.3) is 0 Å². The Labute approximate surface area is 117 Å². The number of hydrogen-bond donors (Lipinski definition) is 1. The molecule has 104 valence electrons. The average molecular weight is 272 g/mol. The quantitative estimate of drug-likeness (QED) is 0.854. The largest absolute Gasteiger partial charge is 0.496 e. The molecule has 1 atom stereocenters. The van der Waals surface area contributed by atoms with Crippen LogP contribution in [0, 0.1) is 0 Å². The van der Waals surface area contributed by atoms with Crippen LogP contribution in [0.25, 0.3) is 0 Å². The SMILES string of the molecule is C=CCC1=C(C(C)O)C(=O)c2c(OC)cccc2C1=O. The van der Waals surface area contributed by atoms with Gasteiger partial charge in [0, 0.05) is 16.7 Å². The maximum atomic E-state index is 12.6. The molecule has 1 N–H and O–H groups in total.